The van der Waals surface area contributed by atoms with Crippen LogP contribution in [0.5, 0.6) is 0 Å². The van der Waals surface area contributed by atoms with Crippen molar-refractivity contribution >= 4 is 34.2 Å². The fraction of sp³-hybridized carbons (Fsp3) is 0.462. The van der Waals surface area contributed by atoms with Crippen LogP contribution in [-0.4, -0.2) is 33.5 Å². The molecule has 0 saturated carbocycles. The third-order valence-corrected chi connectivity index (χ3v) is 4.06. The molecular formula is C13H15IN2O4. The van der Waals surface area contributed by atoms with Crippen LogP contribution in [0.15, 0.2) is 18.2 Å². The van der Waals surface area contributed by atoms with Crippen molar-refractivity contribution in [2.45, 2.75) is 31.8 Å². The van der Waals surface area contributed by atoms with Crippen LogP contribution in [0.4, 0.5) is 5.69 Å². The van der Waals surface area contributed by atoms with Crippen LogP contribution in [0, 0.1) is 13.7 Å². The smallest absolute Gasteiger partial charge is 0.320 e. The molecule has 2 rings (SSSR count). The Morgan fingerprint density at radius 2 is 2.20 bits per heavy atom. The van der Waals surface area contributed by atoms with Gasteiger partial charge in [-0.25, -0.2) is 0 Å². The van der Waals surface area contributed by atoms with Gasteiger partial charge in [-0.3, -0.25) is 19.8 Å². The molecule has 1 aromatic carbocycles. The Morgan fingerprint density at radius 3 is 2.85 bits per heavy atom. The summed E-state index contributed by atoms with van der Waals surface area (Å²) in [5.74, 6) is -0.815. The lowest BCUT2D eigenvalue weighted by molar-refractivity contribution is -0.385. The number of non-ortho nitro benzene ring substituents is 1. The molecular weight excluding hydrogens is 375 g/mol. The van der Waals surface area contributed by atoms with Gasteiger partial charge in [0.2, 0.25) is 0 Å². The minimum absolute atomic E-state index is 0.0517. The van der Waals surface area contributed by atoms with Crippen molar-refractivity contribution in [3.8, 4) is 0 Å². The summed E-state index contributed by atoms with van der Waals surface area (Å²) < 4.78 is 0.788. The fourth-order valence-corrected chi connectivity index (χ4v) is 3.24. The molecule has 1 saturated heterocycles. The van der Waals surface area contributed by atoms with Crippen LogP contribution in [-0.2, 0) is 11.3 Å². The molecule has 1 unspecified atom stereocenters. The average Bonchev–Trinajstić information content (AvgIpc) is 2.38. The Balaban J connectivity index is 2.19. The number of carboxylic acid groups (broad SMARTS) is 1. The van der Waals surface area contributed by atoms with E-state index in [1.807, 2.05) is 33.6 Å². The van der Waals surface area contributed by atoms with E-state index in [-0.39, 0.29) is 5.69 Å². The molecule has 0 bridgehead atoms. The van der Waals surface area contributed by atoms with E-state index in [0.717, 1.165) is 28.5 Å². The standard InChI is InChI=1S/C13H15IN2O4/c14-10-5-9(6-11(7-10)16(19)20)8-15-4-2-1-3-12(15)13(17)18/h5-7,12H,1-4,8H2,(H,17,18). The lowest BCUT2D eigenvalue weighted by Gasteiger charge is -2.32. The third kappa shape index (κ3) is 3.66. The van der Waals surface area contributed by atoms with Crippen molar-refractivity contribution in [3.05, 3.63) is 37.4 Å². The van der Waals surface area contributed by atoms with E-state index in [0.29, 0.717) is 13.0 Å². The number of nitro benzene ring substituents is 1. The number of piperidine rings is 1. The Hall–Kier alpha value is -1.22. The molecule has 20 heavy (non-hydrogen) atoms. The Bertz CT molecular complexity index is 535. The van der Waals surface area contributed by atoms with Crippen LogP contribution in [0.3, 0.4) is 0 Å². The first-order valence-corrected chi connectivity index (χ1v) is 7.46. The van der Waals surface area contributed by atoms with Gasteiger partial charge in [-0.2, -0.15) is 0 Å². The zero-order valence-corrected chi connectivity index (χ0v) is 12.9. The molecule has 0 aliphatic carbocycles. The first-order chi connectivity index (χ1) is 9.47. The quantitative estimate of drug-likeness (QED) is 0.486. The Morgan fingerprint density at radius 1 is 1.45 bits per heavy atom. The van der Waals surface area contributed by atoms with Gasteiger partial charge < -0.3 is 5.11 Å². The second-order valence-electron chi connectivity index (χ2n) is 4.90. The van der Waals surface area contributed by atoms with Gasteiger partial charge in [-0.1, -0.05) is 6.42 Å². The number of rotatable bonds is 4. The summed E-state index contributed by atoms with van der Waals surface area (Å²) in [4.78, 5) is 23.6. The summed E-state index contributed by atoms with van der Waals surface area (Å²) in [5.41, 5.74) is 0.840. The average molecular weight is 390 g/mol. The molecule has 1 heterocycles. The molecule has 0 spiro atoms. The number of likely N-dealkylation sites (tertiary alicyclic amines) is 1. The lowest BCUT2D eigenvalue weighted by Crippen LogP contribution is -2.44. The van der Waals surface area contributed by atoms with Gasteiger partial charge in [0.25, 0.3) is 5.69 Å². The van der Waals surface area contributed by atoms with Crippen molar-refractivity contribution in [2.24, 2.45) is 0 Å². The van der Waals surface area contributed by atoms with Crippen LogP contribution < -0.4 is 0 Å². The minimum atomic E-state index is -0.815. The van der Waals surface area contributed by atoms with Crippen LogP contribution in [0.2, 0.25) is 0 Å². The van der Waals surface area contributed by atoms with Gasteiger partial charge in [0.05, 0.1) is 4.92 Å². The van der Waals surface area contributed by atoms with Gasteiger partial charge in [-0.05, 0) is 53.6 Å². The monoisotopic (exact) mass is 390 g/mol. The fourth-order valence-electron chi connectivity index (χ4n) is 2.52. The number of hydrogen-bond donors (Lipinski definition) is 1. The van der Waals surface area contributed by atoms with Gasteiger partial charge in [0.1, 0.15) is 6.04 Å². The predicted molar refractivity (Wildman–Crippen MR) is 81.5 cm³/mol. The first kappa shape index (κ1) is 15.2. The second-order valence-corrected chi connectivity index (χ2v) is 6.14. The molecule has 0 aromatic heterocycles. The molecule has 7 heteroatoms. The zero-order valence-electron chi connectivity index (χ0n) is 10.8. The molecule has 1 aromatic rings. The molecule has 6 nitrogen and oxygen atoms in total. The van der Waals surface area contributed by atoms with E-state index in [4.69, 9.17) is 0 Å². The van der Waals surface area contributed by atoms with E-state index in [1.165, 1.54) is 12.1 Å². The van der Waals surface area contributed by atoms with E-state index >= 15 is 0 Å². The number of benzene rings is 1. The highest BCUT2D eigenvalue weighted by molar-refractivity contribution is 14.1. The maximum absolute atomic E-state index is 11.2. The van der Waals surface area contributed by atoms with Gasteiger partial charge in [-0.15, -0.1) is 0 Å². The van der Waals surface area contributed by atoms with E-state index in [9.17, 15) is 20.0 Å². The topological polar surface area (TPSA) is 83.7 Å². The van der Waals surface area contributed by atoms with Gasteiger partial charge >= 0.3 is 5.97 Å². The van der Waals surface area contributed by atoms with Gasteiger partial charge in [0, 0.05) is 22.2 Å². The van der Waals surface area contributed by atoms with Crippen molar-refractivity contribution in [2.75, 3.05) is 6.54 Å². The normalized spacial score (nSPS) is 19.8. The predicted octanol–water partition coefficient (Wildman–Crippen LogP) is 2.64. The lowest BCUT2D eigenvalue weighted by atomic mass is 10.0. The van der Waals surface area contributed by atoms with E-state index < -0.39 is 16.9 Å². The van der Waals surface area contributed by atoms with Crippen LogP contribution >= 0.6 is 22.6 Å². The van der Waals surface area contributed by atoms with Crippen molar-refractivity contribution in [1.82, 2.24) is 4.90 Å². The van der Waals surface area contributed by atoms with Crippen LogP contribution in [0.1, 0.15) is 24.8 Å². The number of hydrogen-bond acceptors (Lipinski definition) is 4. The summed E-state index contributed by atoms with van der Waals surface area (Å²) in [7, 11) is 0. The molecule has 0 amide bonds. The summed E-state index contributed by atoms with van der Waals surface area (Å²) in [5, 5.41) is 20.1. The summed E-state index contributed by atoms with van der Waals surface area (Å²) in [6.45, 7) is 1.16. The number of carboxylic acids is 1. The van der Waals surface area contributed by atoms with Crippen LogP contribution in [0.25, 0.3) is 0 Å². The van der Waals surface area contributed by atoms with Crippen molar-refractivity contribution < 1.29 is 14.8 Å². The third-order valence-electron chi connectivity index (χ3n) is 3.44. The Kier molecular flexibility index (Phi) is 4.92. The highest BCUT2D eigenvalue weighted by Crippen LogP contribution is 2.23. The molecule has 1 aliphatic rings. The molecule has 1 aliphatic heterocycles. The highest BCUT2D eigenvalue weighted by atomic mass is 127. The summed E-state index contributed by atoms with van der Waals surface area (Å²) in [6.07, 6.45) is 2.52. The summed E-state index contributed by atoms with van der Waals surface area (Å²) >= 11 is 2.04. The first-order valence-electron chi connectivity index (χ1n) is 6.38. The van der Waals surface area contributed by atoms with Crippen molar-refractivity contribution in [1.29, 1.82) is 0 Å². The Labute approximate surface area is 130 Å². The number of aliphatic carboxylic acids is 1. The molecule has 1 fully saturated rings. The maximum atomic E-state index is 11.2. The SMILES string of the molecule is O=C(O)C1CCCCN1Cc1cc(I)cc([N+](=O)[O-])c1. The number of halogens is 1. The summed E-state index contributed by atoms with van der Waals surface area (Å²) in [6, 6.07) is 4.41. The molecule has 0 radical (unpaired) electrons. The van der Waals surface area contributed by atoms with E-state index in [2.05, 4.69) is 0 Å². The maximum Gasteiger partial charge on any atom is 0.320 e. The minimum Gasteiger partial charge on any atom is -0.480 e. The van der Waals surface area contributed by atoms with E-state index in [1.54, 1.807) is 0 Å². The zero-order chi connectivity index (χ0) is 14.7. The number of nitro groups is 1. The van der Waals surface area contributed by atoms with Crippen molar-refractivity contribution in [3.63, 3.8) is 0 Å². The number of nitrogens with zero attached hydrogens (tertiary/aromatic N) is 2. The molecule has 1 atom stereocenters. The number of carbonyl (C=O) groups is 1. The second kappa shape index (κ2) is 6.49. The van der Waals surface area contributed by atoms with Gasteiger partial charge in [0.15, 0.2) is 0 Å². The largest absolute Gasteiger partial charge is 0.480 e. The molecule has 108 valence electrons. The molecule has 1 N–H and O–H groups in total. The highest BCUT2D eigenvalue weighted by Gasteiger charge is 2.28.